The molecular weight excluding hydrogens is 557 g/mol. The van der Waals surface area contributed by atoms with E-state index in [4.69, 9.17) is 16.7 Å². The molecule has 0 atom stereocenters. The highest BCUT2D eigenvalue weighted by Gasteiger charge is 2.36. The van der Waals surface area contributed by atoms with Gasteiger partial charge in [-0.2, -0.15) is 0 Å². The molecule has 1 fully saturated rings. The summed E-state index contributed by atoms with van der Waals surface area (Å²) in [4.78, 5) is 15.1. The number of halogens is 2. The van der Waals surface area contributed by atoms with Gasteiger partial charge in [-0.05, 0) is 73.9 Å². The number of benzene rings is 3. The lowest BCUT2D eigenvalue weighted by atomic mass is 9.71. The van der Waals surface area contributed by atoms with Crippen LogP contribution in [0.1, 0.15) is 55.2 Å². The average Bonchev–Trinajstić information content (AvgIpc) is 2.99. The van der Waals surface area contributed by atoms with Crippen LogP contribution in [0.2, 0.25) is 5.02 Å². The maximum atomic E-state index is 12.7. The number of carbonyl (C=O) groups is 1. The number of nitrogens with zero attached hydrogens (tertiary/aromatic N) is 1. The molecule has 0 spiro atoms. The Morgan fingerprint density at radius 1 is 0.854 bits per heavy atom. The normalized spacial score (nSPS) is 15.1. The van der Waals surface area contributed by atoms with E-state index in [2.05, 4.69) is 64.1 Å². The molecule has 0 saturated carbocycles. The quantitative estimate of drug-likeness (QED) is 0.185. The van der Waals surface area contributed by atoms with E-state index in [-0.39, 0.29) is 30.5 Å². The van der Waals surface area contributed by atoms with Crippen LogP contribution in [0.4, 0.5) is 4.79 Å². The van der Waals surface area contributed by atoms with E-state index in [0.29, 0.717) is 37.4 Å². The third-order valence-electron chi connectivity index (χ3n) is 8.22. The Labute approximate surface area is 255 Å². The summed E-state index contributed by atoms with van der Waals surface area (Å²) in [7, 11) is 0. The largest absolute Gasteiger partial charge is 0.396 e. The zero-order valence-electron chi connectivity index (χ0n) is 23.6. The molecule has 0 unspecified atom stereocenters. The highest BCUT2D eigenvalue weighted by Crippen LogP contribution is 2.38. The van der Waals surface area contributed by atoms with E-state index < -0.39 is 5.60 Å². The van der Waals surface area contributed by atoms with E-state index in [1.807, 2.05) is 36.4 Å². The van der Waals surface area contributed by atoms with Crippen LogP contribution in [0.15, 0.2) is 84.9 Å². The first-order chi connectivity index (χ1) is 19.4. The summed E-state index contributed by atoms with van der Waals surface area (Å²) in [6.45, 7) is 3.72. The number of rotatable bonds is 13. The molecule has 0 bridgehead atoms. The van der Waals surface area contributed by atoms with Crippen molar-refractivity contribution < 1.29 is 15.0 Å². The minimum absolute atomic E-state index is 0. The molecule has 1 aliphatic rings. The molecule has 4 N–H and O–H groups in total. The third-order valence-corrected chi connectivity index (χ3v) is 8.47. The third kappa shape index (κ3) is 8.94. The van der Waals surface area contributed by atoms with Crippen molar-refractivity contribution in [2.45, 2.75) is 49.5 Å². The predicted molar refractivity (Wildman–Crippen MR) is 169 cm³/mol. The second kappa shape index (κ2) is 16.1. The van der Waals surface area contributed by atoms with E-state index in [1.54, 1.807) is 0 Å². The zero-order chi connectivity index (χ0) is 28.3. The van der Waals surface area contributed by atoms with Gasteiger partial charge in [0.25, 0.3) is 0 Å². The lowest BCUT2D eigenvalue weighted by molar-refractivity contribution is -0.0262. The van der Waals surface area contributed by atoms with Gasteiger partial charge in [0.2, 0.25) is 0 Å². The fourth-order valence-corrected chi connectivity index (χ4v) is 5.92. The van der Waals surface area contributed by atoms with Gasteiger partial charge in [0.15, 0.2) is 0 Å². The molecular formula is C33H43Cl2N3O3. The fraction of sp³-hybridized carbons (Fsp3) is 0.424. The lowest BCUT2D eigenvalue weighted by Gasteiger charge is -2.40. The molecule has 1 aliphatic heterocycles. The zero-order valence-corrected chi connectivity index (χ0v) is 25.2. The Hall–Kier alpha value is -2.61. The van der Waals surface area contributed by atoms with E-state index >= 15 is 0 Å². The Kier molecular flexibility index (Phi) is 12.9. The molecule has 3 aromatic rings. The average molecular weight is 601 g/mol. The van der Waals surface area contributed by atoms with Gasteiger partial charge in [-0.3, -0.25) is 0 Å². The van der Waals surface area contributed by atoms with Crippen LogP contribution in [0, 0.1) is 0 Å². The van der Waals surface area contributed by atoms with Crippen LogP contribution in [0.25, 0.3) is 0 Å². The first-order valence-corrected chi connectivity index (χ1v) is 14.8. The van der Waals surface area contributed by atoms with Crippen molar-refractivity contribution >= 4 is 30.0 Å². The standard InChI is InChI=1S/C33H42ClN3O3.ClH/c34-30-16-14-29(15-17-30)33(40)19-23-37(24-20-33)22-9-18-32(27-10-3-1-4-11-27,28-12-5-2-6-13-28)26-36-31(39)35-21-7-8-25-38;/h1-6,10-17,38,40H,7-9,18-26H2,(H2,35,36,39);1H. The number of carbonyl (C=O) groups excluding carboxylic acids is 1. The minimum Gasteiger partial charge on any atom is -0.396 e. The first kappa shape index (κ1) is 32.9. The number of hydrogen-bond donors (Lipinski definition) is 4. The SMILES string of the molecule is Cl.O=C(NCCCCO)NCC(CCCN1CCC(O)(c2ccc(Cl)cc2)CC1)(c1ccccc1)c1ccccc1. The summed E-state index contributed by atoms with van der Waals surface area (Å²) >= 11 is 6.05. The highest BCUT2D eigenvalue weighted by atomic mass is 35.5. The second-order valence-corrected chi connectivity index (χ2v) is 11.3. The summed E-state index contributed by atoms with van der Waals surface area (Å²) in [5.41, 5.74) is 2.09. The molecule has 3 aromatic carbocycles. The van der Waals surface area contributed by atoms with Crippen molar-refractivity contribution in [2.24, 2.45) is 0 Å². The number of urea groups is 1. The predicted octanol–water partition coefficient (Wildman–Crippen LogP) is 5.88. The fourth-order valence-electron chi connectivity index (χ4n) is 5.79. The number of aliphatic hydroxyl groups excluding tert-OH is 1. The van der Waals surface area contributed by atoms with Crippen molar-refractivity contribution in [3.8, 4) is 0 Å². The van der Waals surface area contributed by atoms with Gasteiger partial charge in [0.05, 0.1) is 5.60 Å². The van der Waals surface area contributed by atoms with Gasteiger partial charge in [0, 0.05) is 43.2 Å². The minimum atomic E-state index is -0.812. The summed E-state index contributed by atoms with van der Waals surface area (Å²) in [5.74, 6) is 0. The first-order valence-electron chi connectivity index (χ1n) is 14.4. The number of nitrogens with one attached hydrogen (secondary N) is 2. The van der Waals surface area contributed by atoms with Crippen molar-refractivity contribution in [1.29, 1.82) is 0 Å². The number of unbranched alkanes of at least 4 members (excludes halogenated alkanes) is 1. The maximum absolute atomic E-state index is 12.7. The molecule has 0 radical (unpaired) electrons. The van der Waals surface area contributed by atoms with E-state index in [1.165, 1.54) is 11.1 Å². The Morgan fingerprint density at radius 3 is 2.00 bits per heavy atom. The maximum Gasteiger partial charge on any atom is 0.314 e. The van der Waals surface area contributed by atoms with Crippen LogP contribution < -0.4 is 10.6 Å². The molecule has 2 amide bonds. The van der Waals surface area contributed by atoms with Crippen LogP contribution in [0.5, 0.6) is 0 Å². The lowest BCUT2D eigenvalue weighted by Crippen LogP contribution is -2.46. The van der Waals surface area contributed by atoms with Crippen LogP contribution in [-0.4, -0.2) is 60.5 Å². The number of likely N-dealkylation sites (tertiary alicyclic amines) is 1. The molecule has 0 aromatic heterocycles. The summed E-state index contributed by atoms with van der Waals surface area (Å²) in [6.07, 6.45) is 4.61. The van der Waals surface area contributed by atoms with Gasteiger partial charge in [-0.25, -0.2) is 4.79 Å². The van der Waals surface area contributed by atoms with E-state index in [0.717, 1.165) is 44.5 Å². The van der Waals surface area contributed by atoms with Crippen LogP contribution in [0.3, 0.4) is 0 Å². The molecule has 1 saturated heterocycles. The monoisotopic (exact) mass is 599 g/mol. The molecule has 6 nitrogen and oxygen atoms in total. The Balaban J connectivity index is 0.00000462. The van der Waals surface area contributed by atoms with Crippen molar-refractivity contribution in [2.75, 3.05) is 39.3 Å². The number of piperidine rings is 1. The van der Waals surface area contributed by atoms with Crippen molar-refractivity contribution in [3.05, 3.63) is 107 Å². The van der Waals surface area contributed by atoms with Gasteiger partial charge in [-0.1, -0.05) is 84.4 Å². The smallest absolute Gasteiger partial charge is 0.314 e. The number of amides is 2. The highest BCUT2D eigenvalue weighted by molar-refractivity contribution is 6.30. The molecule has 4 rings (SSSR count). The van der Waals surface area contributed by atoms with Gasteiger partial charge < -0.3 is 25.7 Å². The van der Waals surface area contributed by atoms with Gasteiger partial charge >= 0.3 is 6.03 Å². The molecule has 8 heteroatoms. The molecule has 41 heavy (non-hydrogen) atoms. The second-order valence-electron chi connectivity index (χ2n) is 10.8. The summed E-state index contributed by atoms with van der Waals surface area (Å²) in [5, 5.41) is 27.1. The van der Waals surface area contributed by atoms with Crippen LogP contribution in [-0.2, 0) is 11.0 Å². The summed E-state index contributed by atoms with van der Waals surface area (Å²) < 4.78 is 0. The van der Waals surface area contributed by atoms with Crippen molar-refractivity contribution in [3.63, 3.8) is 0 Å². The number of aliphatic hydroxyl groups is 2. The van der Waals surface area contributed by atoms with E-state index in [9.17, 15) is 9.90 Å². The topological polar surface area (TPSA) is 84.8 Å². The summed E-state index contributed by atoms with van der Waals surface area (Å²) in [6, 6.07) is 28.3. The van der Waals surface area contributed by atoms with Crippen LogP contribution >= 0.6 is 24.0 Å². The van der Waals surface area contributed by atoms with Gasteiger partial charge in [-0.15, -0.1) is 12.4 Å². The Morgan fingerprint density at radius 2 is 1.44 bits per heavy atom. The van der Waals surface area contributed by atoms with Crippen molar-refractivity contribution in [1.82, 2.24) is 15.5 Å². The molecule has 0 aliphatic carbocycles. The van der Waals surface area contributed by atoms with Gasteiger partial charge in [0.1, 0.15) is 0 Å². The Bertz CT molecular complexity index is 1130. The molecule has 222 valence electrons. The number of hydrogen-bond acceptors (Lipinski definition) is 4. The molecule has 1 heterocycles.